The van der Waals surface area contributed by atoms with E-state index in [4.69, 9.17) is 0 Å². The molecule has 1 aromatic rings. The predicted octanol–water partition coefficient (Wildman–Crippen LogP) is 7.07. The molecule has 0 heterocycles. The number of aryl methyl sites for hydroxylation is 1. The van der Waals surface area contributed by atoms with Crippen LogP contribution in [-0.2, 0) is 11.5 Å². The summed E-state index contributed by atoms with van der Waals surface area (Å²) in [7, 11) is 0. The van der Waals surface area contributed by atoms with E-state index in [1.54, 1.807) is 12.1 Å². The first-order valence-corrected chi connectivity index (χ1v) is 9.09. The zero-order valence-electron chi connectivity index (χ0n) is 13.9. The van der Waals surface area contributed by atoms with Crippen LogP contribution in [0.2, 0.25) is 0 Å². The number of benzene rings is 1. The van der Waals surface area contributed by atoms with Crippen molar-refractivity contribution in [3.05, 3.63) is 29.8 Å². The second-order valence-electron chi connectivity index (χ2n) is 6.28. The van der Waals surface area contributed by atoms with Gasteiger partial charge in [0.1, 0.15) is 0 Å². The maximum atomic E-state index is 11.0. The van der Waals surface area contributed by atoms with E-state index in [0.717, 1.165) is 6.42 Å². The Morgan fingerprint density at radius 1 is 0.619 bits per heavy atom. The van der Waals surface area contributed by atoms with Gasteiger partial charge in [-0.1, -0.05) is 89.7 Å². The molecule has 1 heteroatoms. The summed E-state index contributed by atoms with van der Waals surface area (Å²) in [5.41, 5.74) is 1.31. The van der Waals surface area contributed by atoms with Crippen molar-refractivity contribution >= 4 is 0 Å². The van der Waals surface area contributed by atoms with Crippen molar-refractivity contribution in [1.82, 2.24) is 0 Å². The lowest BCUT2D eigenvalue weighted by atomic mass is 10.0. The van der Waals surface area contributed by atoms with E-state index >= 15 is 0 Å². The third-order valence-electron chi connectivity index (χ3n) is 4.24. The van der Waals surface area contributed by atoms with Gasteiger partial charge in [0.25, 0.3) is 0 Å². The molecule has 0 spiro atoms. The van der Waals surface area contributed by atoms with E-state index in [-0.39, 0.29) is 5.75 Å². The summed E-state index contributed by atoms with van der Waals surface area (Å²) < 4.78 is 0. The third kappa shape index (κ3) is 10.4. The Morgan fingerprint density at radius 3 is 1.52 bits per heavy atom. The maximum absolute atomic E-state index is 11.0. The van der Waals surface area contributed by atoms with Crippen LogP contribution in [0.1, 0.15) is 89.5 Å². The Hall–Kier alpha value is -0.980. The molecule has 1 nitrogen and oxygen atoms in total. The highest BCUT2D eigenvalue weighted by atomic mass is 16.3. The highest BCUT2D eigenvalue weighted by molar-refractivity contribution is 5.25. The van der Waals surface area contributed by atoms with E-state index < -0.39 is 0 Å². The summed E-state index contributed by atoms with van der Waals surface area (Å²) in [5.74, 6) is 0.119. The molecule has 1 rings (SSSR count). The van der Waals surface area contributed by atoms with Crippen LogP contribution in [0.25, 0.3) is 0 Å². The van der Waals surface area contributed by atoms with Gasteiger partial charge in [0.05, 0.1) is 0 Å². The Kier molecular flexibility index (Phi) is 11.0. The number of hydrogen-bond donors (Lipinski definition) is 0. The first-order valence-electron chi connectivity index (χ1n) is 9.09. The van der Waals surface area contributed by atoms with Crippen LogP contribution in [-0.4, -0.2) is 0 Å². The van der Waals surface area contributed by atoms with Crippen molar-refractivity contribution < 1.29 is 5.11 Å². The molecule has 1 aromatic carbocycles. The second kappa shape index (κ2) is 12.7. The van der Waals surface area contributed by atoms with Crippen molar-refractivity contribution in [1.29, 1.82) is 0 Å². The van der Waals surface area contributed by atoms with E-state index in [1.165, 1.54) is 82.6 Å². The lowest BCUT2D eigenvalue weighted by molar-refractivity contribution is 0.355. The molecule has 0 saturated carbocycles. The summed E-state index contributed by atoms with van der Waals surface area (Å²) >= 11 is 0. The summed E-state index contributed by atoms with van der Waals surface area (Å²) in [4.78, 5) is 0. The number of rotatable bonds is 13. The van der Waals surface area contributed by atoms with Crippen LogP contribution in [0.4, 0.5) is 0 Å². The van der Waals surface area contributed by atoms with Gasteiger partial charge in [-0.3, -0.25) is 5.11 Å². The highest BCUT2D eigenvalue weighted by Gasteiger charge is 1.96. The molecule has 0 amide bonds. The van der Waals surface area contributed by atoms with Crippen molar-refractivity contribution in [3.63, 3.8) is 0 Å². The molecule has 0 aliphatic carbocycles. The van der Waals surface area contributed by atoms with E-state index in [1.807, 2.05) is 12.1 Å². The van der Waals surface area contributed by atoms with Gasteiger partial charge < -0.3 is 0 Å². The third-order valence-corrected chi connectivity index (χ3v) is 4.24. The summed E-state index contributed by atoms with van der Waals surface area (Å²) in [5, 5.41) is 11.0. The molecule has 0 aromatic heterocycles. The second-order valence-corrected chi connectivity index (χ2v) is 6.28. The molecule has 0 aliphatic heterocycles. The van der Waals surface area contributed by atoms with Crippen molar-refractivity contribution in [2.45, 2.75) is 90.4 Å². The Labute approximate surface area is 131 Å². The van der Waals surface area contributed by atoms with Gasteiger partial charge in [-0.2, -0.15) is 0 Å². The number of unbranched alkanes of at least 4 members (excludes halogenated alkanes) is 11. The minimum absolute atomic E-state index is 0.119. The van der Waals surface area contributed by atoms with Crippen LogP contribution < -0.4 is 0 Å². The SMILES string of the molecule is CCCCCCCCCCCCCCc1ccc([O])cc1. The molecule has 1 radical (unpaired) electrons. The van der Waals surface area contributed by atoms with Crippen molar-refractivity contribution in [2.24, 2.45) is 0 Å². The van der Waals surface area contributed by atoms with Crippen LogP contribution >= 0.6 is 0 Å². The molecule has 0 unspecified atom stereocenters. The van der Waals surface area contributed by atoms with Gasteiger partial charge in [-0.05, 0) is 30.5 Å². The Balaban J connectivity index is 1.81. The molecule has 119 valence electrons. The molecular weight excluding hydrogens is 256 g/mol. The fourth-order valence-corrected chi connectivity index (χ4v) is 2.83. The average Bonchev–Trinajstić information content (AvgIpc) is 2.50. The summed E-state index contributed by atoms with van der Waals surface area (Å²) in [6.07, 6.45) is 17.8. The normalized spacial score (nSPS) is 10.9. The lowest BCUT2D eigenvalue weighted by Gasteiger charge is -2.03. The van der Waals surface area contributed by atoms with Crippen LogP contribution in [0.5, 0.6) is 5.75 Å². The van der Waals surface area contributed by atoms with E-state index in [2.05, 4.69) is 6.92 Å². The standard InChI is InChI=1S/C20H33O/c1-2-3-4-5-6-7-8-9-10-11-12-13-14-19-15-17-20(21)18-16-19/h15-18H,2-14H2,1H3. The lowest BCUT2D eigenvalue weighted by Crippen LogP contribution is -1.86. The summed E-state index contributed by atoms with van der Waals surface area (Å²) in [6.45, 7) is 2.28. The smallest absolute Gasteiger partial charge is 0.178 e. The molecule has 0 bridgehead atoms. The van der Waals surface area contributed by atoms with Gasteiger partial charge >= 0.3 is 0 Å². The minimum Gasteiger partial charge on any atom is -0.290 e. The number of hydrogen-bond acceptors (Lipinski definition) is 0. The van der Waals surface area contributed by atoms with Crippen molar-refractivity contribution in [2.75, 3.05) is 0 Å². The molecule has 0 fully saturated rings. The van der Waals surface area contributed by atoms with Gasteiger partial charge in [0, 0.05) is 0 Å². The molecule has 21 heavy (non-hydrogen) atoms. The summed E-state index contributed by atoms with van der Waals surface area (Å²) in [6, 6.07) is 7.30. The monoisotopic (exact) mass is 289 g/mol. The van der Waals surface area contributed by atoms with Crippen LogP contribution in [0.3, 0.4) is 0 Å². The van der Waals surface area contributed by atoms with E-state index in [9.17, 15) is 5.11 Å². The quantitative estimate of drug-likeness (QED) is 0.346. The largest absolute Gasteiger partial charge is 0.290 e. The average molecular weight is 289 g/mol. The highest BCUT2D eigenvalue weighted by Crippen LogP contribution is 2.15. The Morgan fingerprint density at radius 2 is 1.05 bits per heavy atom. The Bertz CT molecular complexity index is 328. The zero-order valence-corrected chi connectivity index (χ0v) is 13.9. The predicted molar refractivity (Wildman–Crippen MR) is 91.4 cm³/mol. The zero-order chi connectivity index (χ0) is 15.2. The van der Waals surface area contributed by atoms with E-state index in [0.29, 0.717) is 0 Å². The molecule has 0 aliphatic rings. The maximum Gasteiger partial charge on any atom is 0.178 e. The fourth-order valence-electron chi connectivity index (χ4n) is 2.83. The molecule has 0 N–H and O–H groups in total. The van der Waals surface area contributed by atoms with Gasteiger partial charge in [-0.15, -0.1) is 0 Å². The van der Waals surface area contributed by atoms with Crippen LogP contribution in [0.15, 0.2) is 24.3 Å². The molecule has 0 atom stereocenters. The van der Waals surface area contributed by atoms with Gasteiger partial charge in [0.15, 0.2) is 5.75 Å². The van der Waals surface area contributed by atoms with Gasteiger partial charge in [-0.25, -0.2) is 0 Å². The molecular formula is C20H33O. The van der Waals surface area contributed by atoms with Gasteiger partial charge in [0.2, 0.25) is 0 Å². The molecule has 0 saturated heterocycles. The fraction of sp³-hybridized carbons (Fsp3) is 0.700. The topological polar surface area (TPSA) is 19.9 Å². The first kappa shape index (κ1) is 18.1. The van der Waals surface area contributed by atoms with Crippen molar-refractivity contribution in [3.8, 4) is 5.75 Å². The van der Waals surface area contributed by atoms with Crippen LogP contribution in [0, 0.1) is 0 Å². The minimum atomic E-state index is 0.119. The first-order chi connectivity index (χ1) is 10.3.